The molecule has 3 aromatic carbocycles. The maximum atomic E-state index is 10.0. The molecule has 23 heavy (non-hydrogen) atoms. The lowest BCUT2D eigenvalue weighted by Crippen LogP contribution is -1.96. The molecule has 0 atom stereocenters. The number of aromatic nitrogens is 3. The highest BCUT2D eigenvalue weighted by Crippen LogP contribution is 2.45. The van der Waals surface area contributed by atoms with Gasteiger partial charge < -0.3 is 5.11 Å². The first-order chi connectivity index (χ1) is 11.3. The summed E-state index contributed by atoms with van der Waals surface area (Å²) < 4.78 is 0. The standard InChI is InChI=1S/C19H11N3O/c23-15-10-2-1-7-12(15)19-20-17-13-8-3-5-11-6-4-9-14(16(11)13)18(17)21-22-19/h1-10,23H. The minimum absolute atomic E-state index is 0.156. The van der Waals surface area contributed by atoms with Crippen molar-refractivity contribution in [1.82, 2.24) is 15.2 Å². The molecule has 1 aliphatic rings. The average Bonchev–Trinajstić information content (AvgIpc) is 2.92. The summed E-state index contributed by atoms with van der Waals surface area (Å²) in [7, 11) is 0. The van der Waals surface area contributed by atoms with E-state index >= 15 is 0 Å². The SMILES string of the molecule is Oc1ccccc1-c1nnc2c(n1)-c1cccc3cccc-2c13. The molecule has 0 saturated carbocycles. The van der Waals surface area contributed by atoms with Crippen LogP contribution in [-0.4, -0.2) is 20.3 Å². The van der Waals surface area contributed by atoms with Crippen molar-refractivity contribution in [1.29, 1.82) is 0 Å². The van der Waals surface area contributed by atoms with Gasteiger partial charge in [0.2, 0.25) is 0 Å². The van der Waals surface area contributed by atoms with Crippen molar-refractivity contribution < 1.29 is 5.11 Å². The average molecular weight is 297 g/mol. The number of para-hydroxylation sites is 1. The van der Waals surface area contributed by atoms with Gasteiger partial charge in [-0.2, -0.15) is 0 Å². The van der Waals surface area contributed by atoms with Crippen LogP contribution in [0.3, 0.4) is 0 Å². The Morgan fingerprint density at radius 1 is 0.652 bits per heavy atom. The summed E-state index contributed by atoms with van der Waals surface area (Å²) in [5.74, 6) is 0.592. The Morgan fingerprint density at radius 3 is 2.13 bits per heavy atom. The Balaban J connectivity index is 1.81. The number of hydrogen-bond acceptors (Lipinski definition) is 4. The number of phenolic OH excluding ortho intramolecular Hbond substituents is 1. The molecule has 0 amide bonds. The van der Waals surface area contributed by atoms with Crippen molar-refractivity contribution in [2.75, 3.05) is 0 Å². The van der Waals surface area contributed by atoms with Gasteiger partial charge in [-0.1, -0.05) is 48.5 Å². The molecule has 0 fully saturated rings. The fourth-order valence-corrected chi connectivity index (χ4v) is 3.21. The van der Waals surface area contributed by atoms with E-state index in [9.17, 15) is 5.11 Å². The fraction of sp³-hybridized carbons (Fsp3) is 0. The molecule has 0 unspecified atom stereocenters. The second-order valence-electron chi connectivity index (χ2n) is 5.56. The second kappa shape index (κ2) is 4.36. The third-order valence-corrected chi connectivity index (χ3v) is 4.25. The van der Waals surface area contributed by atoms with E-state index in [-0.39, 0.29) is 5.75 Å². The molecule has 0 spiro atoms. The van der Waals surface area contributed by atoms with Gasteiger partial charge >= 0.3 is 0 Å². The van der Waals surface area contributed by atoms with E-state index in [1.54, 1.807) is 18.2 Å². The lowest BCUT2D eigenvalue weighted by Gasteiger charge is -2.05. The molecular formula is C19H11N3O. The van der Waals surface area contributed by atoms with Crippen LogP contribution in [0.2, 0.25) is 0 Å². The number of phenols is 1. The Labute approximate surface area is 132 Å². The quantitative estimate of drug-likeness (QED) is 0.507. The summed E-state index contributed by atoms with van der Waals surface area (Å²) in [6.07, 6.45) is 0. The minimum atomic E-state index is 0.156. The summed E-state index contributed by atoms with van der Waals surface area (Å²) in [6, 6.07) is 19.4. The summed E-state index contributed by atoms with van der Waals surface area (Å²) in [5.41, 5.74) is 4.35. The molecule has 0 saturated heterocycles. The molecule has 0 radical (unpaired) electrons. The summed E-state index contributed by atoms with van der Waals surface area (Å²) in [4.78, 5) is 4.69. The van der Waals surface area contributed by atoms with Crippen LogP contribution in [0, 0.1) is 0 Å². The number of benzene rings is 3. The molecule has 4 heteroatoms. The molecular weight excluding hydrogens is 286 g/mol. The minimum Gasteiger partial charge on any atom is -0.507 e. The van der Waals surface area contributed by atoms with E-state index in [0.29, 0.717) is 11.4 Å². The molecule has 0 aliphatic heterocycles. The van der Waals surface area contributed by atoms with Crippen LogP contribution >= 0.6 is 0 Å². The van der Waals surface area contributed by atoms with Crippen LogP contribution in [0.15, 0.2) is 60.7 Å². The molecule has 108 valence electrons. The van der Waals surface area contributed by atoms with Gasteiger partial charge in [0.05, 0.1) is 5.56 Å². The molecule has 4 aromatic rings. The zero-order valence-corrected chi connectivity index (χ0v) is 12.1. The highest BCUT2D eigenvalue weighted by molar-refractivity contribution is 6.13. The van der Waals surface area contributed by atoms with Crippen LogP contribution < -0.4 is 0 Å². The second-order valence-corrected chi connectivity index (χ2v) is 5.56. The fourth-order valence-electron chi connectivity index (χ4n) is 3.21. The molecule has 1 N–H and O–H groups in total. The van der Waals surface area contributed by atoms with Gasteiger partial charge in [0.25, 0.3) is 0 Å². The van der Waals surface area contributed by atoms with Crippen LogP contribution in [0.1, 0.15) is 0 Å². The molecule has 1 aromatic heterocycles. The molecule has 4 nitrogen and oxygen atoms in total. The number of nitrogens with zero attached hydrogens (tertiary/aromatic N) is 3. The topological polar surface area (TPSA) is 58.9 Å². The van der Waals surface area contributed by atoms with E-state index in [2.05, 4.69) is 28.4 Å². The monoisotopic (exact) mass is 297 g/mol. The van der Waals surface area contributed by atoms with Crippen molar-refractivity contribution >= 4 is 10.8 Å². The number of aromatic hydroxyl groups is 1. The number of rotatable bonds is 1. The number of hydrogen-bond donors (Lipinski definition) is 1. The van der Waals surface area contributed by atoms with Crippen LogP contribution in [-0.2, 0) is 0 Å². The molecule has 1 heterocycles. The Bertz CT molecular complexity index is 1080. The largest absolute Gasteiger partial charge is 0.507 e. The van der Waals surface area contributed by atoms with Gasteiger partial charge in [-0.05, 0) is 17.5 Å². The smallest absolute Gasteiger partial charge is 0.186 e. The van der Waals surface area contributed by atoms with Gasteiger partial charge in [-0.15, -0.1) is 10.2 Å². The maximum absolute atomic E-state index is 10.0. The van der Waals surface area contributed by atoms with Crippen molar-refractivity contribution in [3.8, 4) is 39.7 Å². The summed E-state index contributed by atoms with van der Waals surface area (Å²) in [6.45, 7) is 0. The molecule has 1 aliphatic carbocycles. The summed E-state index contributed by atoms with van der Waals surface area (Å²) >= 11 is 0. The van der Waals surface area contributed by atoms with Crippen molar-refractivity contribution in [3.63, 3.8) is 0 Å². The van der Waals surface area contributed by atoms with Crippen LogP contribution in [0.5, 0.6) is 5.75 Å². The maximum Gasteiger partial charge on any atom is 0.186 e. The summed E-state index contributed by atoms with van der Waals surface area (Å²) in [5, 5.41) is 21.0. The van der Waals surface area contributed by atoms with Gasteiger partial charge in [-0.3, -0.25) is 0 Å². The van der Waals surface area contributed by atoms with E-state index < -0.39 is 0 Å². The van der Waals surface area contributed by atoms with Crippen LogP contribution in [0.4, 0.5) is 0 Å². The van der Waals surface area contributed by atoms with E-state index in [0.717, 1.165) is 22.5 Å². The lowest BCUT2D eigenvalue weighted by molar-refractivity contribution is 0.477. The lowest BCUT2D eigenvalue weighted by atomic mass is 10.0. The third-order valence-electron chi connectivity index (χ3n) is 4.25. The van der Waals surface area contributed by atoms with Gasteiger partial charge in [0.15, 0.2) is 5.82 Å². The Morgan fingerprint density at radius 2 is 1.35 bits per heavy atom. The highest BCUT2D eigenvalue weighted by atomic mass is 16.3. The van der Waals surface area contributed by atoms with E-state index in [1.165, 1.54) is 10.8 Å². The van der Waals surface area contributed by atoms with Crippen molar-refractivity contribution in [2.45, 2.75) is 0 Å². The van der Waals surface area contributed by atoms with Gasteiger partial charge in [0, 0.05) is 16.5 Å². The first kappa shape index (κ1) is 12.3. The van der Waals surface area contributed by atoms with Crippen molar-refractivity contribution in [3.05, 3.63) is 60.7 Å². The first-order valence-electron chi connectivity index (χ1n) is 7.38. The zero-order chi connectivity index (χ0) is 15.4. The Kier molecular flexibility index (Phi) is 2.33. The van der Waals surface area contributed by atoms with Gasteiger partial charge in [0.1, 0.15) is 17.1 Å². The highest BCUT2D eigenvalue weighted by Gasteiger charge is 2.25. The normalized spacial score (nSPS) is 11.7. The van der Waals surface area contributed by atoms with Gasteiger partial charge in [-0.25, -0.2) is 4.98 Å². The molecule has 5 rings (SSSR count). The van der Waals surface area contributed by atoms with Crippen LogP contribution in [0.25, 0.3) is 44.7 Å². The molecule has 0 bridgehead atoms. The van der Waals surface area contributed by atoms with E-state index in [4.69, 9.17) is 4.98 Å². The third kappa shape index (κ3) is 1.63. The predicted octanol–water partition coefficient (Wildman–Crippen LogP) is 4.04. The number of fused-ring (bicyclic) bond motifs is 3. The van der Waals surface area contributed by atoms with Crippen molar-refractivity contribution in [2.24, 2.45) is 0 Å². The first-order valence-corrected chi connectivity index (χ1v) is 7.38. The predicted molar refractivity (Wildman–Crippen MR) is 88.9 cm³/mol. The Hall–Kier alpha value is -3.27. The van der Waals surface area contributed by atoms with E-state index in [1.807, 2.05) is 24.3 Å². The zero-order valence-electron chi connectivity index (χ0n) is 12.1.